The second-order valence-electron chi connectivity index (χ2n) is 5.09. The molecule has 1 aromatic rings. The molecule has 10 heteroatoms. The molecule has 3 N–H and O–H groups in total. The molecule has 1 aromatic carbocycles. The summed E-state index contributed by atoms with van der Waals surface area (Å²) >= 11 is 11.7. The topological polar surface area (TPSA) is 98.5 Å². The third kappa shape index (κ3) is 9.54. The molecule has 1 amide bonds. The fourth-order valence-corrected chi connectivity index (χ4v) is 2.81. The lowest BCUT2D eigenvalue weighted by atomic mass is 10.2. The smallest absolute Gasteiger partial charge is 0.236 e. The van der Waals surface area contributed by atoms with Gasteiger partial charge in [0.1, 0.15) is 15.6 Å². The number of carbonyl (C=O) groups is 1. The second kappa shape index (κ2) is 11.0. The van der Waals surface area contributed by atoms with Crippen LogP contribution in [0, 0.1) is 0 Å². The number of hydrogen-bond donors (Lipinski definition) is 2. The molecule has 0 saturated carbocycles. The maximum Gasteiger partial charge on any atom is 0.236 e. The van der Waals surface area contributed by atoms with E-state index in [1.165, 1.54) is 0 Å². The highest BCUT2D eigenvalue weighted by atomic mass is 35.5. The zero-order valence-corrected chi connectivity index (χ0v) is 16.3. The van der Waals surface area contributed by atoms with Gasteiger partial charge in [0, 0.05) is 17.8 Å². The number of benzene rings is 1. The molecule has 0 saturated heterocycles. The Morgan fingerprint density at radius 2 is 2.04 bits per heavy atom. The van der Waals surface area contributed by atoms with Gasteiger partial charge in [-0.1, -0.05) is 23.2 Å². The summed E-state index contributed by atoms with van der Waals surface area (Å²) in [7, 11) is -3.12. The first-order valence-corrected chi connectivity index (χ1v) is 9.79. The van der Waals surface area contributed by atoms with Gasteiger partial charge in [0.05, 0.1) is 23.4 Å². The van der Waals surface area contributed by atoms with Gasteiger partial charge in [0.2, 0.25) is 5.91 Å². The minimum Gasteiger partial charge on any atom is -0.492 e. The highest BCUT2D eigenvalue weighted by molar-refractivity contribution is 7.90. The lowest BCUT2D eigenvalue weighted by Gasteiger charge is -2.12. The summed E-state index contributed by atoms with van der Waals surface area (Å²) in [4.78, 5) is 11.7. The van der Waals surface area contributed by atoms with Crippen LogP contribution in [0.15, 0.2) is 18.2 Å². The average molecular weight is 420 g/mol. The van der Waals surface area contributed by atoms with E-state index in [9.17, 15) is 13.2 Å². The van der Waals surface area contributed by atoms with E-state index in [0.717, 1.165) is 6.26 Å². The van der Waals surface area contributed by atoms with Crippen molar-refractivity contribution in [3.63, 3.8) is 0 Å². The molecule has 0 radical (unpaired) electrons. The Kier molecular flexibility index (Phi) is 10.7. The molecule has 0 aliphatic rings. The van der Waals surface area contributed by atoms with Crippen LogP contribution in [0.4, 0.5) is 0 Å². The van der Waals surface area contributed by atoms with E-state index in [-0.39, 0.29) is 30.5 Å². The normalized spacial score (nSPS) is 12.2. The number of amides is 1. The van der Waals surface area contributed by atoms with Gasteiger partial charge in [-0.3, -0.25) is 4.79 Å². The SMILES string of the molecule is CS(=O)(=O)CCC(N)C(=O)NCCCOc1ccc(Cl)cc1Cl.Cl. The van der Waals surface area contributed by atoms with Crippen LogP contribution in [-0.2, 0) is 14.6 Å². The predicted molar refractivity (Wildman–Crippen MR) is 99.1 cm³/mol. The van der Waals surface area contributed by atoms with Crippen molar-refractivity contribution in [3.8, 4) is 5.75 Å². The van der Waals surface area contributed by atoms with Crippen LogP contribution in [0.5, 0.6) is 5.75 Å². The fraction of sp³-hybridized carbons (Fsp3) is 0.500. The molecule has 0 aliphatic carbocycles. The number of carbonyl (C=O) groups excluding carboxylic acids is 1. The Morgan fingerprint density at radius 3 is 2.62 bits per heavy atom. The first kappa shape index (κ1) is 23.3. The van der Waals surface area contributed by atoms with E-state index in [1.807, 2.05) is 0 Å². The molecule has 1 rings (SSSR count). The maximum absolute atomic E-state index is 11.7. The Morgan fingerprint density at radius 1 is 1.38 bits per heavy atom. The van der Waals surface area contributed by atoms with Gasteiger partial charge < -0.3 is 15.8 Å². The van der Waals surface area contributed by atoms with Crippen LogP contribution in [0.3, 0.4) is 0 Å². The Labute approximate surface area is 158 Å². The number of nitrogens with two attached hydrogens (primary N) is 1. The summed E-state index contributed by atoms with van der Waals surface area (Å²) < 4.78 is 27.5. The van der Waals surface area contributed by atoms with Crippen molar-refractivity contribution in [1.29, 1.82) is 0 Å². The van der Waals surface area contributed by atoms with E-state index in [1.54, 1.807) is 18.2 Å². The Bertz CT molecular complexity index is 641. The first-order valence-electron chi connectivity index (χ1n) is 6.98. The molecule has 24 heavy (non-hydrogen) atoms. The fourth-order valence-electron chi connectivity index (χ4n) is 1.66. The van der Waals surface area contributed by atoms with Crippen LogP contribution in [0.1, 0.15) is 12.8 Å². The third-order valence-corrected chi connectivity index (χ3v) is 4.42. The van der Waals surface area contributed by atoms with Crippen molar-refractivity contribution in [3.05, 3.63) is 28.2 Å². The molecule has 138 valence electrons. The molecule has 0 aromatic heterocycles. The Hall–Kier alpha value is -0.730. The second-order valence-corrected chi connectivity index (χ2v) is 8.20. The number of nitrogens with one attached hydrogen (secondary N) is 1. The van der Waals surface area contributed by atoms with Crippen LogP contribution in [0.25, 0.3) is 0 Å². The third-order valence-electron chi connectivity index (χ3n) is 2.91. The first-order chi connectivity index (χ1) is 10.7. The van der Waals surface area contributed by atoms with Crippen LogP contribution in [-0.4, -0.2) is 45.5 Å². The van der Waals surface area contributed by atoms with Gasteiger partial charge in [-0.2, -0.15) is 0 Å². The van der Waals surface area contributed by atoms with E-state index >= 15 is 0 Å². The summed E-state index contributed by atoms with van der Waals surface area (Å²) in [6, 6.07) is 4.09. The van der Waals surface area contributed by atoms with Crippen molar-refractivity contribution in [2.75, 3.05) is 25.2 Å². The predicted octanol–water partition coefficient (Wildman–Crippen LogP) is 2.06. The lowest BCUT2D eigenvalue weighted by molar-refractivity contribution is -0.122. The number of hydrogen-bond acceptors (Lipinski definition) is 5. The maximum atomic E-state index is 11.7. The summed E-state index contributed by atoms with van der Waals surface area (Å²) in [6.07, 6.45) is 1.77. The summed E-state index contributed by atoms with van der Waals surface area (Å²) in [5.41, 5.74) is 5.63. The highest BCUT2D eigenvalue weighted by Crippen LogP contribution is 2.27. The van der Waals surface area contributed by atoms with Gasteiger partial charge in [0.25, 0.3) is 0 Å². The summed E-state index contributed by atoms with van der Waals surface area (Å²) in [6.45, 7) is 0.733. The van der Waals surface area contributed by atoms with Crippen molar-refractivity contribution in [2.45, 2.75) is 18.9 Å². The quantitative estimate of drug-likeness (QED) is 0.597. The summed E-state index contributed by atoms with van der Waals surface area (Å²) in [5, 5.41) is 3.58. The summed E-state index contributed by atoms with van der Waals surface area (Å²) in [5.74, 6) is 0.0326. The molecule has 0 heterocycles. The molecule has 0 bridgehead atoms. The molecular formula is C14H21Cl3N2O4S. The van der Waals surface area contributed by atoms with E-state index in [2.05, 4.69) is 5.32 Å². The van der Waals surface area contributed by atoms with Crippen molar-refractivity contribution in [1.82, 2.24) is 5.32 Å². The van der Waals surface area contributed by atoms with E-state index in [4.69, 9.17) is 33.7 Å². The van der Waals surface area contributed by atoms with Gasteiger partial charge >= 0.3 is 0 Å². The molecule has 1 unspecified atom stereocenters. The van der Waals surface area contributed by atoms with Crippen molar-refractivity contribution < 1.29 is 17.9 Å². The number of ether oxygens (including phenoxy) is 1. The largest absolute Gasteiger partial charge is 0.492 e. The van der Waals surface area contributed by atoms with Crippen LogP contribution >= 0.6 is 35.6 Å². The van der Waals surface area contributed by atoms with Crippen molar-refractivity contribution >= 4 is 51.4 Å². The monoisotopic (exact) mass is 418 g/mol. The van der Waals surface area contributed by atoms with Crippen LogP contribution < -0.4 is 15.8 Å². The highest BCUT2D eigenvalue weighted by Gasteiger charge is 2.15. The molecule has 0 fully saturated rings. The molecule has 0 aliphatic heterocycles. The molecule has 1 atom stereocenters. The molecular weight excluding hydrogens is 399 g/mol. The zero-order valence-electron chi connectivity index (χ0n) is 13.1. The van der Waals surface area contributed by atoms with E-state index in [0.29, 0.717) is 35.4 Å². The van der Waals surface area contributed by atoms with Gasteiger partial charge in [-0.05, 0) is 31.0 Å². The minimum absolute atomic E-state index is 0. The minimum atomic E-state index is -3.12. The number of halogens is 3. The Balaban J connectivity index is 0.00000529. The zero-order chi connectivity index (χ0) is 17.5. The van der Waals surface area contributed by atoms with Gasteiger partial charge in [-0.15, -0.1) is 12.4 Å². The van der Waals surface area contributed by atoms with Crippen LogP contribution in [0.2, 0.25) is 10.0 Å². The lowest BCUT2D eigenvalue weighted by Crippen LogP contribution is -2.42. The van der Waals surface area contributed by atoms with Gasteiger partial charge in [0.15, 0.2) is 0 Å². The van der Waals surface area contributed by atoms with Crippen molar-refractivity contribution in [2.24, 2.45) is 5.73 Å². The van der Waals surface area contributed by atoms with E-state index < -0.39 is 15.9 Å². The average Bonchev–Trinajstić information content (AvgIpc) is 2.45. The molecule has 6 nitrogen and oxygen atoms in total. The number of rotatable bonds is 9. The van der Waals surface area contributed by atoms with Gasteiger partial charge in [-0.25, -0.2) is 8.42 Å². The standard InChI is InChI=1S/C14H20Cl2N2O4S.ClH/c1-23(20,21)8-5-12(17)14(19)18-6-2-7-22-13-4-3-10(15)9-11(13)16;/h3-4,9,12H,2,5-8,17H2,1H3,(H,18,19);1H. The molecule has 0 spiro atoms. The number of sulfone groups is 1.